The maximum absolute atomic E-state index is 12.7. The maximum Gasteiger partial charge on any atom is 0.342 e. The van der Waals surface area contributed by atoms with Crippen molar-refractivity contribution in [2.45, 2.75) is 33.8 Å². The lowest BCUT2D eigenvalue weighted by atomic mass is 10.1. The molecule has 150 valence electrons. The zero-order valence-corrected chi connectivity index (χ0v) is 16.4. The van der Waals surface area contributed by atoms with Gasteiger partial charge in [0.2, 0.25) is 5.78 Å². The Kier molecular flexibility index (Phi) is 6.45. The van der Waals surface area contributed by atoms with E-state index in [2.05, 4.69) is 4.98 Å². The quantitative estimate of drug-likeness (QED) is 0.552. The van der Waals surface area contributed by atoms with E-state index in [4.69, 9.17) is 14.2 Å². The molecule has 0 fully saturated rings. The molecule has 0 saturated carbocycles. The fourth-order valence-electron chi connectivity index (χ4n) is 2.80. The molecule has 0 bridgehead atoms. The van der Waals surface area contributed by atoms with Crippen LogP contribution in [0.25, 0.3) is 0 Å². The van der Waals surface area contributed by atoms with E-state index in [-0.39, 0.29) is 29.2 Å². The van der Waals surface area contributed by atoms with E-state index in [1.807, 2.05) is 0 Å². The Labute approximate surface area is 162 Å². The number of hydrogen-bond acceptors (Lipinski definition) is 7. The molecule has 8 nitrogen and oxygen atoms in total. The van der Waals surface area contributed by atoms with Crippen LogP contribution in [-0.2, 0) is 9.47 Å². The number of aryl methyl sites for hydroxylation is 1. The van der Waals surface area contributed by atoms with E-state index in [0.717, 1.165) is 0 Å². The second kappa shape index (κ2) is 8.60. The molecule has 1 aromatic heterocycles. The number of benzene rings is 1. The van der Waals surface area contributed by atoms with Crippen molar-refractivity contribution in [2.24, 2.45) is 0 Å². The Balaban J connectivity index is 2.20. The summed E-state index contributed by atoms with van der Waals surface area (Å²) in [6, 6.07) is 4.11. The van der Waals surface area contributed by atoms with Gasteiger partial charge in [0.05, 0.1) is 25.0 Å². The third-order valence-electron chi connectivity index (χ3n) is 4.24. The van der Waals surface area contributed by atoms with E-state index in [1.54, 1.807) is 20.8 Å². The summed E-state index contributed by atoms with van der Waals surface area (Å²) in [4.78, 5) is 40.0. The number of methoxy groups -OCH3 is 1. The highest BCUT2D eigenvalue weighted by Crippen LogP contribution is 2.25. The molecule has 0 aliphatic rings. The van der Waals surface area contributed by atoms with Crippen molar-refractivity contribution in [3.05, 3.63) is 46.3 Å². The normalized spacial score (nSPS) is 11.6. The van der Waals surface area contributed by atoms with E-state index in [0.29, 0.717) is 17.0 Å². The van der Waals surface area contributed by atoms with Crippen LogP contribution in [0.1, 0.15) is 56.3 Å². The summed E-state index contributed by atoms with van der Waals surface area (Å²) in [6.45, 7) is 6.60. The lowest BCUT2D eigenvalue weighted by Crippen LogP contribution is -2.25. The van der Waals surface area contributed by atoms with Gasteiger partial charge in [-0.3, -0.25) is 4.79 Å². The molecule has 1 aromatic carbocycles. The largest absolute Gasteiger partial charge is 0.507 e. The van der Waals surface area contributed by atoms with Gasteiger partial charge in [-0.1, -0.05) is 0 Å². The fraction of sp³-hybridized carbons (Fsp3) is 0.350. The number of carbonyl (C=O) groups excluding carboxylic acids is 3. The van der Waals surface area contributed by atoms with Gasteiger partial charge in [0.1, 0.15) is 17.1 Å². The standard InChI is InChI=1S/C20H23NO7/c1-6-27-20(25)16-10(2)17(21-11(16)3)18(23)12(4)28-19(24)14-8-7-13(26-5)9-15(14)22/h7-9,12,21-22H,6H2,1-5H3/t12-/m0/s1. The number of carbonyl (C=O) groups is 3. The molecule has 0 spiro atoms. The Morgan fingerprint density at radius 1 is 1.18 bits per heavy atom. The molecule has 2 N–H and O–H groups in total. The highest BCUT2D eigenvalue weighted by atomic mass is 16.5. The van der Waals surface area contributed by atoms with Crippen molar-refractivity contribution < 1.29 is 33.7 Å². The van der Waals surface area contributed by atoms with Crippen LogP contribution in [0.3, 0.4) is 0 Å². The van der Waals surface area contributed by atoms with Gasteiger partial charge in [0.25, 0.3) is 0 Å². The zero-order valence-electron chi connectivity index (χ0n) is 16.4. The average Bonchev–Trinajstić information content (AvgIpc) is 2.95. The second-order valence-corrected chi connectivity index (χ2v) is 6.14. The number of hydrogen-bond donors (Lipinski definition) is 2. The van der Waals surface area contributed by atoms with Crippen LogP contribution in [0.5, 0.6) is 11.5 Å². The first-order valence-corrected chi connectivity index (χ1v) is 8.69. The smallest absolute Gasteiger partial charge is 0.342 e. The Morgan fingerprint density at radius 3 is 2.43 bits per heavy atom. The molecule has 0 amide bonds. The Hall–Kier alpha value is -3.29. The van der Waals surface area contributed by atoms with Crippen molar-refractivity contribution in [3.63, 3.8) is 0 Å². The molecular weight excluding hydrogens is 366 g/mol. The SMILES string of the molecule is CCOC(=O)c1c(C)[nH]c(C(=O)[C@H](C)OC(=O)c2ccc(OC)cc2O)c1C. The third-order valence-corrected chi connectivity index (χ3v) is 4.24. The zero-order chi connectivity index (χ0) is 21.0. The summed E-state index contributed by atoms with van der Waals surface area (Å²) in [6.07, 6.45) is -1.14. The van der Waals surface area contributed by atoms with Gasteiger partial charge in [-0.05, 0) is 45.4 Å². The molecule has 2 aromatic rings. The Morgan fingerprint density at radius 2 is 1.86 bits per heavy atom. The first-order valence-electron chi connectivity index (χ1n) is 8.69. The van der Waals surface area contributed by atoms with E-state index < -0.39 is 23.8 Å². The van der Waals surface area contributed by atoms with Crippen molar-refractivity contribution in [1.29, 1.82) is 0 Å². The molecule has 1 atom stereocenters. The maximum atomic E-state index is 12.7. The molecule has 0 radical (unpaired) electrons. The van der Waals surface area contributed by atoms with Crippen LogP contribution >= 0.6 is 0 Å². The lowest BCUT2D eigenvalue weighted by Gasteiger charge is -2.13. The number of Topliss-reactive ketones (excluding diaryl/α,β-unsaturated/α-hetero) is 1. The Bertz CT molecular complexity index is 914. The minimum Gasteiger partial charge on any atom is -0.507 e. The van der Waals surface area contributed by atoms with Crippen LogP contribution in [0, 0.1) is 13.8 Å². The predicted molar refractivity (Wildman–Crippen MR) is 100 cm³/mol. The first kappa shape index (κ1) is 21.0. The molecule has 0 aliphatic heterocycles. The molecular formula is C20H23NO7. The van der Waals surface area contributed by atoms with Crippen LogP contribution < -0.4 is 4.74 Å². The van der Waals surface area contributed by atoms with Crippen LogP contribution in [-0.4, -0.2) is 47.6 Å². The van der Waals surface area contributed by atoms with E-state index >= 15 is 0 Å². The minimum absolute atomic E-state index is 0.0907. The van der Waals surface area contributed by atoms with E-state index in [9.17, 15) is 19.5 Å². The number of aromatic hydroxyl groups is 1. The number of aromatic nitrogens is 1. The van der Waals surface area contributed by atoms with Crippen molar-refractivity contribution >= 4 is 17.7 Å². The first-order chi connectivity index (χ1) is 13.2. The van der Waals surface area contributed by atoms with Gasteiger partial charge in [-0.15, -0.1) is 0 Å². The molecule has 0 unspecified atom stereocenters. The molecule has 0 aliphatic carbocycles. The number of H-pyrrole nitrogens is 1. The molecule has 0 saturated heterocycles. The molecule has 2 rings (SSSR count). The number of ketones is 1. The van der Waals surface area contributed by atoms with Crippen molar-refractivity contribution in [2.75, 3.05) is 13.7 Å². The highest BCUT2D eigenvalue weighted by molar-refractivity contribution is 6.04. The van der Waals surface area contributed by atoms with Gasteiger partial charge in [-0.25, -0.2) is 9.59 Å². The number of rotatable bonds is 7. The molecule has 1 heterocycles. The number of nitrogens with one attached hydrogen (secondary N) is 1. The van der Waals surface area contributed by atoms with Gasteiger partial charge in [0.15, 0.2) is 6.10 Å². The van der Waals surface area contributed by atoms with Crippen molar-refractivity contribution in [3.8, 4) is 11.5 Å². The van der Waals surface area contributed by atoms with Gasteiger partial charge in [0, 0.05) is 11.8 Å². The van der Waals surface area contributed by atoms with Gasteiger partial charge in [-0.2, -0.15) is 0 Å². The van der Waals surface area contributed by atoms with Crippen molar-refractivity contribution in [1.82, 2.24) is 4.98 Å². The molecule has 28 heavy (non-hydrogen) atoms. The monoisotopic (exact) mass is 389 g/mol. The predicted octanol–water partition coefficient (Wildman–Crippen LogP) is 2.95. The summed E-state index contributed by atoms with van der Waals surface area (Å²) < 4.78 is 15.2. The third kappa shape index (κ3) is 4.16. The number of esters is 2. The summed E-state index contributed by atoms with van der Waals surface area (Å²) in [7, 11) is 1.43. The minimum atomic E-state index is -1.14. The fourth-order valence-corrected chi connectivity index (χ4v) is 2.80. The molecule has 8 heteroatoms. The lowest BCUT2D eigenvalue weighted by molar-refractivity contribution is 0.0314. The summed E-state index contributed by atoms with van der Waals surface area (Å²) in [5, 5.41) is 9.93. The number of aromatic amines is 1. The summed E-state index contributed by atoms with van der Waals surface area (Å²) >= 11 is 0. The van der Waals surface area contributed by atoms with Gasteiger partial charge >= 0.3 is 11.9 Å². The van der Waals surface area contributed by atoms with E-state index in [1.165, 1.54) is 32.2 Å². The average molecular weight is 389 g/mol. The van der Waals surface area contributed by atoms with Gasteiger partial charge < -0.3 is 24.3 Å². The number of phenols is 1. The topological polar surface area (TPSA) is 115 Å². The number of phenolic OH excluding ortho intramolecular Hbond substituents is 1. The van der Waals surface area contributed by atoms with Crippen LogP contribution in [0.2, 0.25) is 0 Å². The van der Waals surface area contributed by atoms with Crippen LogP contribution in [0.4, 0.5) is 0 Å². The highest BCUT2D eigenvalue weighted by Gasteiger charge is 2.28. The summed E-state index contributed by atoms with van der Waals surface area (Å²) in [5.41, 5.74) is 1.28. The number of ether oxygens (including phenoxy) is 3. The summed E-state index contributed by atoms with van der Waals surface area (Å²) in [5.74, 6) is -1.83. The van der Waals surface area contributed by atoms with Crippen LogP contribution in [0.15, 0.2) is 18.2 Å². The second-order valence-electron chi connectivity index (χ2n) is 6.14.